The molecule has 1 aliphatic rings. The van der Waals surface area contributed by atoms with Crippen LogP contribution in [0.1, 0.15) is 32.3 Å². The number of halogens is 1. The summed E-state index contributed by atoms with van der Waals surface area (Å²) in [6, 6.07) is 15.2. The highest BCUT2D eigenvalue weighted by Crippen LogP contribution is 2.28. The van der Waals surface area contributed by atoms with Gasteiger partial charge in [-0.1, -0.05) is 36.4 Å². The van der Waals surface area contributed by atoms with Crippen molar-refractivity contribution in [3.63, 3.8) is 0 Å². The van der Waals surface area contributed by atoms with Crippen molar-refractivity contribution in [2.24, 2.45) is 5.92 Å². The predicted molar refractivity (Wildman–Crippen MR) is 112 cm³/mol. The fourth-order valence-electron chi connectivity index (χ4n) is 3.77. The Kier molecular flexibility index (Phi) is 6.52. The minimum atomic E-state index is -0.592. The molecule has 2 aromatic rings. The van der Waals surface area contributed by atoms with Crippen molar-refractivity contribution < 1.29 is 14.0 Å². The van der Waals surface area contributed by atoms with Gasteiger partial charge in [-0.05, 0) is 56.4 Å². The Hall–Kier alpha value is -2.89. The molecule has 1 saturated heterocycles. The highest BCUT2D eigenvalue weighted by atomic mass is 19.1. The highest BCUT2D eigenvalue weighted by Gasteiger charge is 2.35. The number of nitrogens with zero attached hydrogens (tertiary/aromatic N) is 1. The maximum Gasteiger partial charge on any atom is 0.319 e. The lowest BCUT2D eigenvalue weighted by atomic mass is 9.82. The Morgan fingerprint density at radius 3 is 2.62 bits per heavy atom. The number of anilines is 1. The van der Waals surface area contributed by atoms with Crippen LogP contribution < -0.4 is 10.6 Å². The zero-order valence-corrected chi connectivity index (χ0v) is 17.0. The lowest BCUT2D eigenvalue weighted by Crippen LogP contribution is -2.49. The molecule has 2 N–H and O–H groups in total. The molecule has 0 radical (unpaired) electrons. The fraction of sp³-hybridized carbons (Fsp3) is 0.391. The lowest BCUT2D eigenvalue weighted by Gasteiger charge is -2.38. The van der Waals surface area contributed by atoms with E-state index >= 15 is 0 Å². The standard InChI is InChI=1S/C23H28FN3O2/c1-23(2,18-9-4-3-5-10-18)21(28)27-13-7-8-17(16-27)15-25-22(29)26-20-12-6-11-19(24)14-20/h3-6,9-12,14,17H,7-8,13,15-16H2,1-2H3,(H2,25,26,29). The second kappa shape index (κ2) is 9.07. The van der Waals surface area contributed by atoms with E-state index in [1.807, 2.05) is 49.1 Å². The molecule has 3 amide bonds. The number of amides is 3. The van der Waals surface area contributed by atoms with Gasteiger partial charge in [-0.25, -0.2) is 9.18 Å². The van der Waals surface area contributed by atoms with Gasteiger partial charge >= 0.3 is 6.03 Å². The first-order valence-electron chi connectivity index (χ1n) is 10.0. The number of benzene rings is 2. The predicted octanol–water partition coefficient (Wildman–Crippen LogP) is 4.16. The van der Waals surface area contributed by atoms with Gasteiger partial charge < -0.3 is 15.5 Å². The zero-order chi connectivity index (χ0) is 20.9. The number of hydrogen-bond donors (Lipinski definition) is 2. The first-order valence-corrected chi connectivity index (χ1v) is 10.0. The second-order valence-corrected chi connectivity index (χ2v) is 8.10. The van der Waals surface area contributed by atoms with Crippen molar-refractivity contribution in [2.45, 2.75) is 32.1 Å². The molecule has 29 heavy (non-hydrogen) atoms. The second-order valence-electron chi connectivity index (χ2n) is 8.10. The summed E-state index contributed by atoms with van der Waals surface area (Å²) in [6.45, 7) is 5.74. The summed E-state index contributed by atoms with van der Waals surface area (Å²) in [5.41, 5.74) is 0.818. The van der Waals surface area contributed by atoms with Gasteiger partial charge in [0.05, 0.1) is 5.41 Å². The summed E-state index contributed by atoms with van der Waals surface area (Å²) in [6.07, 6.45) is 1.87. The van der Waals surface area contributed by atoms with Crippen LogP contribution in [0.4, 0.5) is 14.9 Å². The molecule has 0 saturated carbocycles. The maximum atomic E-state index is 13.2. The molecule has 0 aromatic heterocycles. The fourth-order valence-corrected chi connectivity index (χ4v) is 3.77. The quantitative estimate of drug-likeness (QED) is 0.796. The van der Waals surface area contributed by atoms with Gasteiger partial charge in [0.2, 0.25) is 5.91 Å². The molecule has 0 spiro atoms. The van der Waals surface area contributed by atoms with Crippen LogP contribution in [0.25, 0.3) is 0 Å². The van der Waals surface area contributed by atoms with Gasteiger partial charge in [0.1, 0.15) is 5.82 Å². The first kappa shape index (κ1) is 20.8. The molecule has 3 rings (SSSR count). The molecule has 1 heterocycles. The number of carbonyl (C=O) groups is 2. The van der Waals surface area contributed by atoms with E-state index in [0.29, 0.717) is 18.8 Å². The summed E-state index contributed by atoms with van der Waals surface area (Å²) >= 11 is 0. The van der Waals surface area contributed by atoms with Gasteiger partial charge in [0.15, 0.2) is 0 Å². The number of piperidine rings is 1. The van der Waals surface area contributed by atoms with Gasteiger partial charge in [0, 0.05) is 25.3 Å². The number of hydrogen-bond acceptors (Lipinski definition) is 2. The Morgan fingerprint density at radius 2 is 1.90 bits per heavy atom. The van der Waals surface area contributed by atoms with Crippen LogP contribution in [0.5, 0.6) is 0 Å². The molecule has 1 aliphatic heterocycles. The topological polar surface area (TPSA) is 61.4 Å². The molecule has 0 bridgehead atoms. The average molecular weight is 397 g/mol. The molecular weight excluding hydrogens is 369 g/mol. The van der Waals surface area contributed by atoms with Crippen LogP contribution in [0.3, 0.4) is 0 Å². The zero-order valence-electron chi connectivity index (χ0n) is 17.0. The molecule has 0 aliphatic carbocycles. The molecule has 1 unspecified atom stereocenters. The number of urea groups is 1. The van der Waals surface area contributed by atoms with Crippen molar-refractivity contribution in [2.75, 3.05) is 25.0 Å². The molecular formula is C23H28FN3O2. The SMILES string of the molecule is CC(C)(C(=O)N1CCCC(CNC(=O)Nc2cccc(F)c2)C1)c1ccccc1. The molecule has 6 heteroatoms. The monoisotopic (exact) mass is 397 g/mol. The van der Waals surface area contributed by atoms with E-state index in [0.717, 1.165) is 24.9 Å². The minimum Gasteiger partial charge on any atom is -0.342 e. The minimum absolute atomic E-state index is 0.109. The van der Waals surface area contributed by atoms with E-state index in [9.17, 15) is 14.0 Å². The van der Waals surface area contributed by atoms with E-state index in [1.54, 1.807) is 12.1 Å². The summed E-state index contributed by atoms with van der Waals surface area (Å²) in [5, 5.41) is 5.47. The molecule has 1 fully saturated rings. The maximum absolute atomic E-state index is 13.2. The van der Waals surface area contributed by atoms with E-state index in [4.69, 9.17) is 0 Å². The summed E-state index contributed by atoms with van der Waals surface area (Å²) in [7, 11) is 0. The average Bonchev–Trinajstić information content (AvgIpc) is 2.72. The first-order chi connectivity index (χ1) is 13.9. The van der Waals surface area contributed by atoms with Crippen molar-refractivity contribution in [1.82, 2.24) is 10.2 Å². The van der Waals surface area contributed by atoms with Crippen molar-refractivity contribution in [1.29, 1.82) is 0 Å². The van der Waals surface area contributed by atoms with Crippen molar-refractivity contribution in [3.8, 4) is 0 Å². The molecule has 1 atom stereocenters. The summed E-state index contributed by atoms with van der Waals surface area (Å²) in [5.74, 6) is -0.0968. The Balaban J connectivity index is 1.53. The lowest BCUT2D eigenvalue weighted by molar-refractivity contribution is -0.138. The van der Waals surface area contributed by atoms with Crippen LogP contribution in [0.15, 0.2) is 54.6 Å². The molecule has 5 nitrogen and oxygen atoms in total. The van der Waals surface area contributed by atoms with E-state index < -0.39 is 11.2 Å². The Bertz CT molecular complexity index is 854. The van der Waals surface area contributed by atoms with E-state index in [1.165, 1.54) is 12.1 Å². The van der Waals surface area contributed by atoms with Crippen LogP contribution in [0, 0.1) is 11.7 Å². The number of carbonyl (C=O) groups excluding carboxylic acids is 2. The van der Waals surface area contributed by atoms with Crippen LogP contribution in [-0.4, -0.2) is 36.5 Å². The van der Waals surface area contributed by atoms with Crippen LogP contribution >= 0.6 is 0 Å². The Morgan fingerprint density at radius 1 is 1.14 bits per heavy atom. The van der Waals surface area contributed by atoms with Gasteiger partial charge in [-0.3, -0.25) is 4.79 Å². The number of likely N-dealkylation sites (tertiary alicyclic amines) is 1. The number of rotatable bonds is 5. The smallest absolute Gasteiger partial charge is 0.319 e. The van der Waals surface area contributed by atoms with E-state index in [-0.39, 0.29) is 17.9 Å². The largest absolute Gasteiger partial charge is 0.342 e. The third-order valence-electron chi connectivity index (χ3n) is 5.47. The molecule has 2 aromatic carbocycles. The third kappa shape index (κ3) is 5.34. The van der Waals surface area contributed by atoms with Gasteiger partial charge in [0.25, 0.3) is 0 Å². The van der Waals surface area contributed by atoms with E-state index in [2.05, 4.69) is 10.6 Å². The summed E-state index contributed by atoms with van der Waals surface area (Å²) < 4.78 is 13.2. The Labute approximate surface area is 171 Å². The highest BCUT2D eigenvalue weighted by molar-refractivity contribution is 5.89. The third-order valence-corrected chi connectivity index (χ3v) is 5.47. The van der Waals surface area contributed by atoms with Crippen molar-refractivity contribution in [3.05, 3.63) is 66.0 Å². The summed E-state index contributed by atoms with van der Waals surface area (Å²) in [4.78, 5) is 27.2. The molecule has 154 valence electrons. The van der Waals surface area contributed by atoms with Gasteiger partial charge in [-0.2, -0.15) is 0 Å². The van der Waals surface area contributed by atoms with Crippen molar-refractivity contribution >= 4 is 17.6 Å². The normalized spacial score (nSPS) is 16.9. The van der Waals surface area contributed by atoms with Crippen LogP contribution in [-0.2, 0) is 10.2 Å². The van der Waals surface area contributed by atoms with Crippen LogP contribution in [0.2, 0.25) is 0 Å². The number of nitrogens with one attached hydrogen (secondary N) is 2. The van der Waals surface area contributed by atoms with Gasteiger partial charge in [-0.15, -0.1) is 0 Å².